The number of amides is 1. The standard InChI is InChI=1S/C20H18F2N4O/c1-11-14(7-8-17(23-11)12-3-4-12)20(27)24-19-10-18(25-26(19)2)15-6-5-13(21)9-16(15)22/h5-10,12H,3-4H2,1-2H3,(H,24,27). The van der Waals surface area contributed by atoms with E-state index in [9.17, 15) is 13.6 Å². The van der Waals surface area contributed by atoms with E-state index in [2.05, 4.69) is 15.4 Å². The Morgan fingerprint density at radius 3 is 2.63 bits per heavy atom. The molecule has 1 aliphatic rings. The number of pyridine rings is 1. The number of hydrogen-bond donors (Lipinski definition) is 1. The van der Waals surface area contributed by atoms with E-state index < -0.39 is 11.6 Å². The minimum absolute atomic E-state index is 0.166. The normalized spacial score (nSPS) is 13.6. The quantitative estimate of drug-likeness (QED) is 0.751. The molecule has 1 N–H and O–H groups in total. The molecule has 0 aliphatic heterocycles. The van der Waals surface area contributed by atoms with Crippen LogP contribution in [0.25, 0.3) is 11.3 Å². The lowest BCUT2D eigenvalue weighted by Gasteiger charge is -2.08. The van der Waals surface area contributed by atoms with E-state index >= 15 is 0 Å². The maximum Gasteiger partial charge on any atom is 0.258 e. The number of anilines is 1. The molecule has 1 aliphatic carbocycles. The molecule has 1 saturated carbocycles. The van der Waals surface area contributed by atoms with E-state index in [1.807, 2.05) is 13.0 Å². The van der Waals surface area contributed by atoms with Crippen LogP contribution in [-0.2, 0) is 7.05 Å². The fourth-order valence-corrected chi connectivity index (χ4v) is 3.02. The summed E-state index contributed by atoms with van der Waals surface area (Å²) >= 11 is 0. The second-order valence-electron chi connectivity index (χ2n) is 6.76. The molecule has 1 amide bonds. The summed E-state index contributed by atoms with van der Waals surface area (Å²) in [5, 5.41) is 6.99. The van der Waals surface area contributed by atoms with Crippen molar-refractivity contribution in [3.8, 4) is 11.3 Å². The molecular weight excluding hydrogens is 350 g/mol. The Bertz CT molecular complexity index is 1040. The Morgan fingerprint density at radius 1 is 1.19 bits per heavy atom. The van der Waals surface area contributed by atoms with Gasteiger partial charge in [0.05, 0.1) is 17.0 Å². The molecule has 138 valence electrons. The van der Waals surface area contributed by atoms with Gasteiger partial charge in [0.2, 0.25) is 0 Å². The molecule has 4 rings (SSSR count). The van der Waals surface area contributed by atoms with E-state index in [0.717, 1.165) is 24.6 Å². The summed E-state index contributed by atoms with van der Waals surface area (Å²) in [7, 11) is 1.64. The molecule has 2 aromatic heterocycles. The molecule has 0 bridgehead atoms. The Labute approximate surface area is 155 Å². The average molecular weight is 368 g/mol. The van der Waals surface area contributed by atoms with Crippen LogP contribution in [0, 0.1) is 18.6 Å². The number of carbonyl (C=O) groups excluding carboxylic acids is 1. The zero-order valence-corrected chi connectivity index (χ0v) is 15.0. The third-order valence-electron chi connectivity index (χ3n) is 4.68. The van der Waals surface area contributed by atoms with Gasteiger partial charge in [-0.2, -0.15) is 5.10 Å². The van der Waals surface area contributed by atoms with Crippen LogP contribution < -0.4 is 5.32 Å². The first-order valence-corrected chi connectivity index (χ1v) is 8.70. The van der Waals surface area contributed by atoms with Crippen molar-refractivity contribution in [2.45, 2.75) is 25.7 Å². The van der Waals surface area contributed by atoms with Crippen molar-refractivity contribution in [3.63, 3.8) is 0 Å². The molecular formula is C20H18F2N4O. The highest BCUT2D eigenvalue weighted by atomic mass is 19.1. The second-order valence-corrected chi connectivity index (χ2v) is 6.76. The summed E-state index contributed by atoms with van der Waals surface area (Å²) in [6, 6.07) is 8.52. The van der Waals surface area contributed by atoms with Gasteiger partial charge in [0.15, 0.2) is 0 Å². The van der Waals surface area contributed by atoms with Gasteiger partial charge in [0, 0.05) is 36.4 Å². The molecule has 3 aromatic rings. The third kappa shape index (κ3) is 3.45. The Morgan fingerprint density at radius 2 is 1.96 bits per heavy atom. The van der Waals surface area contributed by atoms with Crippen LogP contribution >= 0.6 is 0 Å². The van der Waals surface area contributed by atoms with Gasteiger partial charge in [0.1, 0.15) is 17.5 Å². The second kappa shape index (κ2) is 6.57. The number of aryl methyl sites for hydroxylation is 2. The molecule has 1 aromatic carbocycles. The van der Waals surface area contributed by atoms with Gasteiger partial charge in [-0.15, -0.1) is 0 Å². The molecule has 0 spiro atoms. The first kappa shape index (κ1) is 17.3. The van der Waals surface area contributed by atoms with Crippen LogP contribution in [-0.4, -0.2) is 20.7 Å². The predicted octanol–water partition coefficient (Wildman–Crippen LogP) is 4.20. The fourth-order valence-electron chi connectivity index (χ4n) is 3.02. The van der Waals surface area contributed by atoms with E-state index in [4.69, 9.17) is 0 Å². The Hall–Kier alpha value is -3.09. The van der Waals surface area contributed by atoms with Gasteiger partial charge in [-0.1, -0.05) is 0 Å². The lowest BCUT2D eigenvalue weighted by molar-refractivity contribution is 0.102. The average Bonchev–Trinajstić information content (AvgIpc) is 3.40. The number of benzene rings is 1. The molecule has 0 radical (unpaired) electrons. The zero-order chi connectivity index (χ0) is 19.1. The van der Waals surface area contributed by atoms with E-state index in [-0.39, 0.29) is 11.5 Å². The maximum absolute atomic E-state index is 14.0. The maximum atomic E-state index is 14.0. The third-order valence-corrected chi connectivity index (χ3v) is 4.68. The van der Waals surface area contributed by atoms with E-state index in [0.29, 0.717) is 28.7 Å². The lowest BCUT2D eigenvalue weighted by Crippen LogP contribution is -2.16. The van der Waals surface area contributed by atoms with Crippen molar-refractivity contribution < 1.29 is 13.6 Å². The number of rotatable bonds is 4. The zero-order valence-electron chi connectivity index (χ0n) is 15.0. The van der Waals surface area contributed by atoms with Crippen molar-refractivity contribution in [1.82, 2.24) is 14.8 Å². The number of carbonyl (C=O) groups is 1. The van der Waals surface area contributed by atoms with Gasteiger partial charge in [-0.3, -0.25) is 14.5 Å². The van der Waals surface area contributed by atoms with Crippen LogP contribution in [0.5, 0.6) is 0 Å². The van der Waals surface area contributed by atoms with Crippen molar-refractivity contribution >= 4 is 11.7 Å². The molecule has 0 unspecified atom stereocenters. The highest BCUT2D eigenvalue weighted by Gasteiger charge is 2.26. The first-order valence-electron chi connectivity index (χ1n) is 8.70. The SMILES string of the molecule is Cc1nc(C2CC2)ccc1C(=O)Nc1cc(-c2ccc(F)cc2F)nn1C. The minimum atomic E-state index is -0.707. The molecule has 27 heavy (non-hydrogen) atoms. The summed E-state index contributed by atoms with van der Waals surface area (Å²) in [5.74, 6) is -0.744. The summed E-state index contributed by atoms with van der Waals surface area (Å²) < 4.78 is 28.5. The van der Waals surface area contributed by atoms with Gasteiger partial charge >= 0.3 is 0 Å². The van der Waals surface area contributed by atoms with Gasteiger partial charge in [0.25, 0.3) is 5.91 Å². The molecule has 0 atom stereocenters. The molecule has 2 heterocycles. The highest BCUT2D eigenvalue weighted by Crippen LogP contribution is 2.39. The van der Waals surface area contributed by atoms with Crippen molar-refractivity contribution in [2.24, 2.45) is 7.05 Å². The van der Waals surface area contributed by atoms with Crippen molar-refractivity contribution in [3.05, 3.63) is 65.0 Å². The van der Waals surface area contributed by atoms with Crippen molar-refractivity contribution in [2.75, 3.05) is 5.32 Å². The summed E-state index contributed by atoms with van der Waals surface area (Å²) in [4.78, 5) is 17.1. The molecule has 1 fully saturated rings. The number of nitrogens with zero attached hydrogens (tertiary/aromatic N) is 3. The molecule has 5 nitrogen and oxygen atoms in total. The predicted molar refractivity (Wildman–Crippen MR) is 97.5 cm³/mol. The van der Waals surface area contributed by atoms with Crippen LogP contribution in [0.2, 0.25) is 0 Å². The van der Waals surface area contributed by atoms with Crippen LogP contribution in [0.1, 0.15) is 40.5 Å². The highest BCUT2D eigenvalue weighted by molar-refractivity contribution is 6.04. The van der Waals surface area contributed by atoms with Gasteiger partial charge in [-0.05, 0) is 44.0 Å². The summed E-state index contributed by atoms with van der Waals surface area (Å²) in [6.45, 7) is 1.81. The van der Waals surface area contributed by atoms with Gasteiger partial charge in [-0.25, -0.2) is 8.78 Å². The smallest absolute Gasteiger partial charge is 0.258 e. The number of nitrogens with one attached hydrogen (secondary N) is 1. The van der Waals surface area contributed by atoms with Crippen molar-refractivity contribution in [1.29, 1.82) is 0 Å². The minimum Gasteiger partial charge on any atom is -0.307 e. The Balaban J connectivity index is 1.57. The van der Waals surface area contributed by atoms with E-state index in [1.54, 1.807) is 19.2 Å². The Kier molecular flexibility index (Phi) is 4.22. The van der Waals surface area contributed by atoms with Crippen LogP contribution in [0.3, 0.4) is 0 Å². The van der Waals surface area contributed by atoms with E-state index in [1.165, 1.54) is 16.8 Å². The largest absolute Gasteiger partial charge is 0.307 e. The van der Waals surface area contributed by atoms with Crippen LogP contribution in [0.15, 0.2) is 36.4 Å². The number of hydrogen-bond acceptors (Lipinski definition) is 3. The van der Waals surface area contributed by atoms with Gasteiger partial charge < -0.3 is 5.32 Å². The molecule has 0 saturated heterocycles. The topological polar surface area (TPSA) is 59.8 Å². The number of halogens is 2. The monoisotopic (exact) mass is 368 g/mol. The first-order chi connectivity index (χ1) is 12.9. The summed E-state index contributed by atoms with van der Waals surface area (Å²) in [6.07, 6.45) is 2.30. The fraction of sp³-hybridized carbons (Fsp3) is 0.250. The molecule has 7 heteroatoms. The van der Waals surface area contributed by atoms with Crippen LogP contribution in [0.4, 0.5) is 14.6 Å². The summed E-state index contributed by atoms with van der Waals surface area (Å²) in [5.41, 5.74) is 2.65. The number of aromatic nitrogens is 3. The lowest BCUT2D eigenvalue weighted by atomic mass is 10.1.